The fraction of sp³-hybridized carbons (Fsp3) is 0.174. The lowest BCUT2D eigenvalue weighted by atomic mass is 10.0. The van der Waals surface area contributed by atoms with E-state index in [1.165, 1.54) is 40.5 Å². The summed E-state index contributed by atoms with van der Waals surface area (Å²) in [6, 6.07) is 21.1. The van der Waals surface area contributed by atoms with Gasteiger partial charge >= 0.3 is 5.97 Å². The molecule has 1 aromatic heterocycles. The van der Waals surface area contributed by atoms with Gasteiger partial charge in [-0.05, 0) is 47.7 Å². The summed E-state index contributed by atoms with van der Waals surface area (Å²) >= 11 is 1.47. The molecule has 0 aliphatic rings. The normalized spacial score (nSPS) is 11.0. The van der Waals surface area contributed by atoms with Gasteiger partial charge in [0.25, 0.3) is 0 Å². The van der Waals surface area contributed by atoms with E-state index in [9.17, 15) is 4.79 Å². The van der Waals surface area contributed by atoms with Crippen molar-refractivity contribution in [3.63, 3.8) is 0 Å². The molecule has 0 spiro atoms. The molecule has 0 N–H and O–H groups in total. The lowest BCUT2D eigenvalue weighted by Gasteiger charge is -2.05. The lowest BCUT2D eigenvalue weighted by Crippen LogP contribution is -2.01. The van der Waals surface area contributed by atoms with E-state index in [-0.39, 0.29) is 5.97 Å². The highest BCUT2D eigenvalue weighted by Gasteiger charge is 2.07. The van der Waals surface area contributed by atoms with Crippen molar-refractivity contribution < 1.29 is 9.53 Å². The summed E-state index contributed by atoms with van der Waals surface area (Å²) in [5.41, 5.74) is 4.93. The predicted octanol–water partition coefficient (Wildman–Crippen LogP) is 6.52. The molecule has 3 aromatic rings. The zero-order valence-corrected chi connectivity index (χ0v) is 15.9. The smallest absolute Gasteiger partial charge is 0.336 e. The van der Waals surface area contributed by atoms with Gasteiger partial charge in [0.15, 0.2) is 5.06 Å². The van der Waals surface area contributed by atoms with E-state index in [0.717, 1.165) is 16.9 Å². The Labute approximate surface area is 158 Å². The Morgan fingerprint density at radius 3 is 2.15 bits per heavy atom. The molecule has 0 amide bonds. The fourth-order valence-electron chi connectivity index (χ4n) is 2.78. The van der Waals surface area contributed by atoms with Gasteiger partial charge in [-0.3, -0.25) is 0 Å². The first kappa shape index (κ1) is 18.2. The molecule has 1 heterocycles. The maximum atomic E-state index is 11.5. The molecule has 3 heteroatoms. The fourth-order valence-corrected chi connectivity index (χ4v) is 3.65. The molecule has 0 radical (unpaired) electrons. The number of aryl methyl sites for hydroxylation is 1. The number of ether oxygens (including phenoxy) is 1. The first-order valence-corrected chi connectivity index (χ1v) is 9.65. The van der Waals surface area contributed by atoms with Crippen molar-refractivity contribution >= 4 is 17.3 Å². The number of benzene rings is 2. The molecule has 132 valence electrons. The van der Waals surface area contributed by atoms with Crippen LogP contribution in [0.2, 0.25) is 0 Å². The van der Waals surface area contributed by atoms with Crippen LogP contribution in [0.5, 0.6) is 5.06 Å². The van der Waals surface area contributed by atoms with Crippen LogP contribution in [0, 0.1) is 0 Å². The molecular formula is C23H22O2S. The van der Waals surface area contributed by atoms with Crippen molar-refractivity contribution in [3.8, 4) is 26.6 Å². The molecule has 0 fully saturated rings. The molecule has 0 aliphatic carbocycles. The van der Waals surface area contributed by atoms with Crippen LogP contribution >= 0.6 is 11.3 Å². The first-order chi connectivity index (χ1) is 12.7. The zero-order valence-electron chi connectivity index (χ0n) is 15.1. The SMILES string of the molecule is CC=CC(=O)Oc1ccc(-c2ccc(-c3ccc(CCC)cc3)cc2)s1. The van der Waals surface area contributed by atoms with Gasteiger partial charge < -0.3 is 4.74 Å². The van der Waals surface area contributed by atoms with E-state index in [4.69, 9.17) is 4.74 Å². The van der Waals surface area contributed by atoms with Crippen LogP contribution in [-0.2, 0) is 11.2 Å². The van der Waals surface area contributed by atoms with E-state index < -0.39 is 0 Å². The number of allylic oxidation sites excluding steroid dienone is 1. The quantitative estimate of drug-likeness (QED) is 0.369. The number of esters is 1. The van der Waals surface area contributed by atoms with Gasteiger partial charge in [0, 0.05) is 11.0 Å². The molecule has 0 aliphatic heterocycles. The van der Waals surface area contributed by atoms with Crippen molar-refractivity contribution in [1.82, 2.24) is 0 Å². The van der Waals surface area contributed by atoms with Crippen LogP contribution in [-0.4, -0.2) is 5.97 Å². The van der Waals surface area contributed by atoms with Gasteiger partial charge in [-0.15, -0.1) is 0 Å². The van der Waals surface area contributed by atoms with Crippen LogP contribution in [0.4, 0.5) is 0 Å². The Bertz CT molecular complexity index is 887. The van der Waals surface area contributed by atoms with Crippen molar-refractivity contribution in [3.05, 3.63) is 78.4 Å². The Morgan fingerprint density at radius 1 is 0.923 bits per heavy atom. The highest BCUT2D eigenvalue weighted by molar-refractivity contribution is 7.17. The van der Waals surface area contributed by atoms with Gasteiger partial charge in [-0.2, -0.15) is 0 Å². The lowest BCUT2D eigenvalue weighted by molar-refractivity contribution is -0.128. The molecule has 0 bridgehead atoms. The molecule has 26 heavy (non-hydrogen) atoms. The van der Waals surface area contributed by atoms with Crippen LogP contribution in [0.25, 0.3) is 21.6 Å². The molecule has 0 saturated heterocycles. The van der Waals surface area contributed by atoms with Crippen molar-refractivity contribution in [2.75, 3.05) is 0 Å². The summed E-state index contributed by atoms with van der Waals surface area (Å²) in [6.45, 7) is 3.99. The van der Waals surface area contributed by atoms with Crippen LogP contribution in [0.3, 0.4) is 0 Å². The summed E-state index contributed by atoms with van der Waals surface area (Å²) in [4.78, 5) is 12.6. The summed E-state index contributed by atoms with van der Waals surface area (Å²) < 4.78 is 5.27. The standard InChI is InChI=1S/C23H22O2S/c1-3-5-17-7-9-18(10-8-17)19-11-13-20(14-12-19)21-15-16-23(26-21)25-22(24)6-4-2/h4,6-16H,3,5H2,1-2H3. The van der Waals surface area contributed by atoms with Crippen molar-refractivity contribution in [2.45, 2.75) is 26.7 Å². The highest BCUT2D eigenvalue weighted by atomic mass is 32.1. The largest absolute Gasteiger partial charge is 0.412 e. The Balaban J connectivity index is 1.73. The van der Waals surface area contributed by atoms with Gasteiger partial charge in [0.1, 0.15) is 0 Å². The summed E-state index contributed by atoms with van der Waals surface area (Å²) in [5.74, 6) is -0.345. The van der Waals surface area contributed by atoms with E-state index in [1.807, 2.05) is 12.1 Å². The van der Waals surface area contributed by atoms with Crippen molar-refractivity contribution in [2.24, 2.45) is 0 Å². The third-order valence-electron chi connectivity index (χ3n) is 4.08. The summed E-state index contributed by atoms with van der Waals surface area (Å²) in [7, 11) is 0. The average Bonchev–Trinajstić information content (AvgIpc) is 3.11. The molecule has 0 saturated carbocycles. The number of carbonyl (C=O) groups is 1. The average molecular weight is 362 g/mol. The van der Waals surface area contributed by atoms with Crippen LogP contribution in [0.15, 0.2) is 72.8 Å². The van der Waals surface area contributed by atoms with Crippen LogP contribution < -0.4 is 4.74 Å². The van der Waals surface area contributed by atoms with E-state index in [1.54, 1.807) is 13.0 Å². The maximum Gasteiger partial charge on any atom is 0.336 e. The topological polar surface area (TPSA) is 26.3 Å². The van der Waals surface area contributed by atoms with Gasteiger partial charge in [-0.1, -0.05) is 79.3 Å². The maximum absolute atomic E-state index is 11.5. The molecule has 0 atom stereocenters. The van der Waals surface area contributed by atoms with Gasteiger partial charge in [0.2, 0.25) is 0 Å². The molecule has 2 aromatic carbocycles. The van der Waals surface area contributed by atoms with Crippen molar-refractivity contribution in [1.29, 1.82) is 0 Å². The Morgan fingerprint density at radius 2 is 1.54 bits per heavy atom. The summed E-state index contributed by atoms with van der Waals surface area (Å²) in [5, 5.41) is 0.610. The van der Waals surface area contributed by atoms with Gasteiger partial charge in [-0.25, -0.2) is 4.79 Å². The molecule has 2 nitrogen and oxygen atoms in total. The monoisotopic (exact) mass is 362 g/mol. The zero-order chi connectivity index (χ0) is 18.4. The second-order valence-corrected chi connectivity index (χ2v) is 7.11. The molecular weight excluding hydrogens is 340 g/mol. The Kier molecular flexibility index (Phi) is 6.03. The first-order valence-electron chi connectivity index (χ1n) is 8.83. The number of hydrogen-bond donors (Lipinski definition) is 0. The Hall–Kier alpha value is -2.65. The third-order valence-corrected chi connectivity index (χ3v) is 5.09. The number of carbonyl (C=O) groups excluding carboxylic acids is 1. The van der Waals surface area contributed by atoms with E-state index >= 15 is 0 Å². The van der Waals surface area contributed by atoms with E-state index in [2.05, 4.69) is 55.5 Å². The minimum atomic E-state index is -0.345. The van der Waals surface area contributed by atoms with E-state index in [0.29, 0.717) is 5.06 Å². The second kappa shape index (κ2) is 8.63. The minimum absolute atomic E-state index is 0.345. The molecule has 0 unspecified atom stereocenters. The number of hydrogen-bond acceptors (Lipinski definition) is 3. The number of rotatable bonds is 6. The van der Waals surface area contributed by atoms with Gasteiger partial charge in [0.05, 0.1) is 0 Å². The highest BCUT2D eigenvalue weighted by Crippen LogP contribution is 2.34. The predicted molar refractivity (Wildman–Crippen MR) is 110 cm³/mol. The second-order valence-electron chi connectivity index (χ2n) is 6.06. The minimum Gasteiger partial charge on any atom is -0.412 e. The third kappa shape index (κ3) is 4.50. The summed E-state index contributed by atoms with van der Waals surface area (Å²) in [6.07, 6.45) is 5.38. The number of thiophene rings is 1. The van der Waals surface area contributed by atoms with Crippen LogP contribution in [0.1, 0.15) is 25.8 Å². The molecule has 3 rings (SSSR count).